The molecule has 28 heavy (non-hydrogen) atoms. The number of H-pyrrole nitrogens is 1. The molecule has 4 aromatic rings. The molecular formula is C22H21ClN4O. The van der Waals surface area contributed by atoms with Crippen molar-refractivity contribution < 1.29 is 0 Å². The third-order valence-electron chi connectivity index (χ3n) is 4.81. The van der Waals surface area contributed by atoms with Crippen molar-refractivity contribution in [2.75, 3.05) is 0 Å². The van der Waals surface area contributed by atoms with Crippen LogP contribution in [0.15, 0.2) is 65.7 Å². The molecule has 0 aliphatic carbocycles. The Hall–Kier alpha value is -2.92. The van der Waals surface area contributed by atoms with Crippen molar-refractivity contribution in [3.63, 3.8) is 0 Å². The Labute approximate surface area is 168 Å². The first-order chi connectivity index (χ1) is 13.6. The Morgan fingerprint density at radius 2 is 1.96 bits per heavy atom. The molecule has 4 rings (SSSR count). The van der Waals surface area contributed by atoms with Crippen molar-refractivity contribution in [1.82, 2.24) is 19.5 Å². The van der Waals surface area contributed by atoms with E-state index in [0.29, 0.717) is 28.9 Å². The van der Waals surface area contributed by atoms with Gasteiger partial charge in [0.15, 0.2) is 0 Å². The molecule has 0 saturated heterocycles. The first kappa shape index (κ1) is 18.4. The van der Waals surface area contributed by atoms with Gasteiger partial charge in [0.1, 0.15) is 11.6 Å². The van der Waals surface area contributed by atoms with Crippen LogP contribution in [0.25, 0.3) is 10.9 Å². The Balaban J connectivity index is 1.75. The second-order valence-electron chi connectivity index (χ2n) is 7.12. The van der Waals surface area contributed by atoms with E-state index in [9.17, 15) is 4.79 Å². The smallest absolute Gasteiger partial charge is 0.261 e. The van der Waals surface area contributed by atoms with Crippen molar-refractivity contribution in [3.05, 3.63) is 93.5 Å². The van der Waals surface area contributed by atoms with Crippen LogP contribution in [0.3, 0.4) is 0 Å². The number of halogens is 1. The highest BCUT2D eigenvalue weighted by atomic mass is 35.5. The van der Waals surface area contributed by atoms with Crippen molar-refractivity contribution in [3.8, 4) is 0 Å². The van der Waals surface area contributed by atoms with Gasteiger partial charge in [-0.05, 0) is 29.7 Å². The van der Waals surface area contributed by atoms with Gasteiger partial charge in [-0.15, -0.1) is 0 Å². The molecule has 0 aliphatic heterocycles. The second-order valence-corrected chi connectivity index (χ2v) is 7.55. The number of nitrogens with one attached hydrogen (secondary N) is 1. The Morgan fingerprint density at radius 3 is 2.71 bits per heavy atom. The highest BCUT2D eigenvalue weighted by molar-refractivity contribution is 6.31. The van der Waals surface area contributed by atoms with Crippen LogP contribution in [0.2, 0.25) is 5.02 Å². The van der Waals surface area contributed by atoms with E-state index in [1.54, 1.807) is 29.0 Å². The fraction of sp³-hybridized carbons (Fsp3) is 0.227. The molecule has 0 fully saturated rings. The monoisotopic (exact) mass is 392 g/mol. The van der Waals surface area contributed by atoms with E-state index < -0.39 is 0 Å². The molecule has 2 heterocycles. The number of aromatic amines is 1. The Morgan fingerprint density at radius 1 is 1.14 bits per heavy atom. The fourth-order valence-electron chi connectivity index (χ4n) is 3.45. The van der Waals surface area contributed by atoms with Gasteiger partial charge in [0.05, 0.1) is 17.4 Å². The summed E-state index contributed by atoms with van der Waals surface area (Å²) in [6, 6.07) is 15.2. The molecule has 5 nitrogen and oxygen atoms in total. The molecule has 2 aromatic heterocycles. The number of hydrogen-bond donors (Lipinski definition) is 1. The van der Waals surface area contributed by atoms with E-state index in [2.05, 4.69) is 16.9 Å². The Bertz CT molecular complexity index is 1140. The summed E-state index contributed by atoms with van der Waals surface area (Å²) in [6.45, 7) is 2.64. The Kier molecular flexibility index (Phi) is 5.26. The summed E-state index contributed by atoms with van der Waals surface area (Å²) in [5.41, 5.74) is 1.67. The lowest BCUT2D eigenvalue weighted by molar-refractivity contribution is 0.521. The van der Waals surface area contributed by atoms with Gasteiger partial charge in [0.25, 0.3) is 5.56 Å². The predicted octanol–water partition coefficient (Wildman–Crippen LogP) is 4.24. The zero-order valence-electron chi connectivity index (χ0n) is 15.6. The normalized spacial score (nSPS) is 12.4. The van der Waals surface area contributed by atoms with E-state index in [0.717, 1.165) is 23.6 Å². The number of rotatable bonds is 6. The zero-order valence-corrected chi connectivity index (χ0v) is 16.4. The number of aromatic nitrogens is 4. The summed E-state index contributed by atoms with van der Waals surface area (Å²) >= 11 is 6.13. The average Bonchev–Trinajstić information content (AvgIpc) is 3.18. The summed E-state index contributed by atoms with van der Waals surface area (Å²) in [5, 5.41) is 1.16. The molecule has 1 atom stereocenters. The summed E-state index contributed by atoms with van der Waals surface area (Å²) in [5.74, 6) is 1.98. The van der Waals surface area contributed by atoms with Crippen LogP contribution in [0, 0.1) is 5.92 Å². The van der Waals surface area contributed by atoms with Crippen molar-refractivity contribution in [2.45, 2.75) is 26.3 Å². The molecule has 0 aliphatic rings. The molecule has 0 amide bonds. The third-order valence-corrected chi connectivity index (χ3v) is 5.04. The zero-order chi connectivity index (χ0) is 19.5. The van der Waals surface area contributed by atoms with E-state index >= 15 is 0 Å². The third kappa shape index (κ3) is 3.99. The van der Waals surface area contributed by atoms with Gasteiger partial charge in [-0.2, -0.15) is 0 Å². The number of nitrogens with zero attached hydrogens (tertiary/aromatic N) is 3. The minimum atomic E-state index is -0.0364. The van der Waals surface area contributed by atoms with Gasteiger partial charge < -0.3 is 4.98 Å². The average molecular weight is 393 g/mol. The van der Waals surface area contributed by atoms with Crippen LogP contribution in [-0.4, -0.2) is 19.5 Å². The summed E-state index contributed by atoms with van der Waals surface area (Å²) in [7, 11) is 0. The maximum atomic E-state index is 13.2. The maximum absolute atomic E-state index is 13.2. The first-order valence-corrected chi connectivity index (χ1v) is 9.69. The standard InChI is InChI=1S/C22H21ClN4O/c1-15(11-20-24-9-10-25-20)12-21-26-19-13-17(23)7-8-18(19)22(28)27(21)14-16-5-3-2-4-6-16/h2-10,13,15H,11-12,14H2,1H3,(H,24,25). The van der Waals surface area contributed by atoms with E-state index in [-0.39, 0.29) is 11.5 Å². The molecule has 0 spiro atoms. The molecule has 0 radical (unpaired) electrons. The maximum Gasteiger partial charge on any atom is 0.261 e. The van der Waals surface area contributed by atoms with E-state index in [4.69, 9.17) is 16.6 Å². The largest absolute Gasteiger partial charge is 0.349 e. The van der Waals surface area contributed by atoms with Crippen LogP contribution in [-0.2, 0) is 19.4 Å². The summed E-state index contributed by atoms with van der Waals surface area (Å²) < 4.78 is 1.78. The SMILES string of the molecule is CC(Cc1ncc[nH]1)Cc1nc2cc(Cl)ccc2c(=O)n1Cc1ccccc1. The molecule has 0 saturated carbocycles. The minimum Gasteiger partial charge on any atom is -0.349 e. The molecular weight excluding hydrogens is 372 g/mol. The van der Waals surface area contributed by atoms with Crippen LogP contribution in [0.4, 0.5) is 0 Å². The van der Waals surface area contributed by atoms with Gasteiger partial charge in [-0.3, -0.25) is 9.36 Å². The second kappa shape index (κ2) is 7.98. The lowest BCUT2D eigenvalue weighted by Gasteiger charge is -2.17. The van der Waals surface area contributed by atoms with E-state index in [1.165, 1.54) is 0 Å². The van der Waals surface area contributed by atoms with Crippen LogP contribution >= 0.6 is 11.6 Å². The number of hydrogen-bond acceptors (Lipinski definition) is 3. The number of benzene rings is 2. The van der Waals surface area contributed by atoms with Crippen LogP contribution < -0.4 is 5.56 Å². The lowest BCUT2D eigenvalue weighted by atomic mass is 10.0. The lowest BCUT2D eigenvalue weighted by Crippen LogP contribution is -2.27. The molecule has 6 heteroatoms. The highest BCUT2D eigenvalue weighted by Gasteiger charge is 2.15. The quantitative estimate of drug-likeness (QED) is 0.533. The van der Waals surface area contributed by atoms with Crippen molar-refractivity contribution in [1.29, 1.82) is 0 Å². The van der Waals surface area contributed by atoms with Crippen LogP contribution in [0.5, 0.6) is 0 Å². The van der Waals surface area contributed by atoms with Crippen LogP contribution in [0.1, 0.15) is 24.1 Å². The predicted molar refractivity (Wildman–Crippen MR) is 112 cm³/mol. The molecule has 0 bridgehead atoms. The van der Waals surface area contributed by atoms with Gasteiger partial charge in [-0.1, -0.05) is 48.9 Å². The number of fused-ring (bicyclic) bond motifs is 1. The summed E-state index contributed by atoms with van der Waals surface area (Å²) in [6.07, 6.45) is 5.04. The summed E-state index contributed by atoms with van der Waals surface area (Å²) in [4.78, 5) is 25.5. The molecule has 142 valence electrons. The van der Waals surface area contributed by atoms with E-state index in [1.807, 2.05) is 36.5 Å². The minimum absolute atomic E-state index is 0.0364. The number of imidazole rings is 1. The highest BCUT2D eigenvalue weighted by Crippen LogP contribution is 2.18. The molecule has 1 unspecified atom stereocenters. The van der Waals surface area contributed by atoms with Gasteiger partial charge in [0.2, 0.25) is 0 Å². The van der Waals surface area contributed by atoms with Gasteiger partial charge in [0, 0.05) is 30.3 Å². The molecule has 1 N–H and O–H groups in total. The topological polar surface area (TPSA) is 63.6 Å². The van der Waals surface area contributed by atoms with Crippen molar-refractivity contribution in [2.24, 2.45) is 5.92 Å². The van der Waals surface area contributed by atoms with Crippen molar-refractivity contribution >= 4 is 22.5 Å². The molecule has 2 aromatic carbocycles. The first-order valence-electron chi connectivity index (χ1n) is 9.31. The fourth-order valence-corrected chi connectivity index (χ4v) is 3.61. The van der Waals surface area contributed by atoms with Gasteiger partial charge >= 0.3 is 0 Å². The van der Waals surface area contributed by atoms with Gasteiger partial charge in [-0.25, -0.2) is 9.97 Å².